The van der Waals surface area contributed by atoms with E-state index in [1.54, 1.807) is 11.3 Å². The molecule has 82 valence electrons. The van der Waals surface area contributed by atoms with Crippen LogP contribution in [0.1, 0.15) is 35.7 Å². The second-order valence-electron chi connectivity index (χ2n) is 3.85. The first-order valence-corrected chi connectivity index (χ1v) is 6.25. The molecule has 0 radical (unpaired) electrons. The molecule has 0 saturated carbocycles. The first-order valence-electron chi connectivity index (χ1n) is 5.37. The summed E-state index contributed by atoms with van der Waals surface area (Å²) < 4.78 is 0. The van der Waals surface area contributed by atoms with Gasteiger partial charge in [-0.3, -0.25) is 4.79 Å². The quantitative estimate of drug-likeness (QED) is 0.819. The Morgan fingerprint density at radius 2 is 2.53 bits per heavy atom. The van der Waals surface area contributed by atoms with Crippen molar-refractivity contribution >= 4 is 17.2 Å². The van der Waals surface area contributed by atoms with Gasteiger partial charge in [0.15, 0.2) is 0 Å². The molecule has 0 aromatic carbocycles. The number of fused-ring (bicyclic) bond motifs is 1. The van der Waals surface area contributed by atoms with Crippen LogP contribution in [0.2, 0.25) is 0 Å². The van der Waals surface area contributed by atoms with Crippen LogP contribution in [0.15, 0.2) is 11.4 Å². The van der Waals surface area contributed by atoms with E-state index in [2.05, 4.69) is 16.8 Å². The van der Waals surface area contributed by atoms with E-state index in [0.29, 0.717) is 13.0 Å². The Hall–Kier alpha value is -0.870. The van der Waals surface area contributed by atoms with Crippen LogP contribution in [0.25, 0.3) is 0 Å². The summed E-state index contributed by atoms with van der Waals surface area (Å²) in [6, 6.07) is 2.35. The van der Waals surface area contributed by atoms with E-state index in [-0.39, 0.29) is 11.9 Å². The number of aryl methyl sites for hydroxylation is 1. The van der Waals surface area contributed by atoms with Crippen LogP contribution in [-0.2, 0) is 11.2 Å². The molecule has 0 aliphatic heterocycles. The lowest BCUT2D eigenvalue weighted by atomic mass is 9.94. The summed E-state index contributed by atoms with van der Waals surface area (Å²) in [5.74, 6) is 0.0709. The predicted molar refractivity (Wildman–Crippen MR) is 61.8 cm³/mol. The van der Waals surface area contributed by atoms with Gasteiger partial charge in [-0.05, 0) is 36.3 Å². The average molecular weight is 224 g/mol. The van der Waals surface area contributed by atoms with Crippen LogP contribution >= 0.6 is 11.3 Å². The van der Waals surface area contributed by atoms with Crippen molar-refractivity contribution in [3.05, 3.63) is 21.9 Å². The lowest BCUT2D eigenvalue weighted by Crippen LogP contribution is -2.31. The molecule has 1 aromatic heterocycles. The fraction of sp³-hybridized carbons (Fsp3) is 0.545. The number of carbonyl (C=O) groups is 1. The van der Waals surface area contributed by atoms with E-state index in [4.69, 9.17) is 5.73 Å². The zero-order chi connectivity index (χ0) is 10.7. The molecule has 1 aliphatic rings. The molecule has 1 atom stereocenters. The third-order valence-electron chi connectivity index (χ3n) is 2.76. The van der Waals surface area contributed by atoms with Crippen LogP contribution in [0.3, 0.4) is 0 Å². The van der Waals surface area contributed by atoms with Gasteiger partial charge in [0.2, 0.25) is 5.91 Å². The fourth-order valence-electron chi connectivity index (χ4n) is 2.03. The van der Waals surface area contributed by atoms with Crippen molar-refractivity contribution < 1.29 is 4.79 Å². The molecule has 0 saturated heterocycles. The molecule has 0 spiro atoms. The van der Waals surface area contributed by atoms with Crippen LogP contribution in [0, 0.1) is 0 Å². The molecule has 1 aliphatic carbocycles. The Kier molecular flexibility index (Phi) is 3.38. The average Bonchev–Trinajstić information content (AvgIpc) is 2.67. The first kappa shape index (κ1) is 10.6. The zero-order valence-corrected chi connectivity index (χ0v) is 9.48. The van der Waals surface area contributed by atoms with Gasteiger partial charge in [0, 0.05) is 17.8 Å². The first-order chi connectivity index (χ1) is 7.31. The van der Waals surface area contributed by atoms with Crippen molar-refractivity contribution in [2.45, 2.75) is 31.7 Å². The summed E-state index contributed by atoms with van der Waals surface area (Å²) in [7, 11) is 0. The molecule has 1 aromatic rings. The van der Waals surface area contributed by atoms with Crippen LogP contribution in [0.5, 0.6) is 0 Å². The third kappa shape index (κ3) is 2.38. The normalized spacial score (nSPS) is 19.7. The molecular weight excluding hydrogens is 208 g/mol. The van der Waals surface area contributed by atoms with Crippen LogP contribution < -0.4 is 11.1 Å². The summed E-state index contributed by atoms with van der Waals surface area (Å²) in [6.45, 7) is 0.426. The molecule has 0 fully saturated rings. The smallest absolute Gasteiger partial charge is 0.221 e. The van der Waals surface area contributed by atoms with Crippen LogP contribution in [-0.4, -0.2) is 12.5 Å². The minimum atomic E-state index is 0.0709. The number of hydrogen-bond acceptors (Lipinski definition) is 3. The van der Waals surface area contributed by atoms with Gasteiger partial charge in [-0.25, -0.2) is 0 Å². The minimum Gasteiger partial charge on any atom is -0.349 e. The summed E-state index contributed by atoms with van der Waals surface area (Å²) in [4.78, 5) is 12.9. The van der Waals surface area contributed by atoms with E-state index in [1.807, 2.05) is 0 Å². The number of nitrogens with one attached hydrogen (secondary N) is 1. The highest BCUT2D eigenvalue weighted by atomic mass is 32.1. The van der Waals surface area contributed by atoms with Crippen molar-refractivity contribution in [2.24, 2.45) is 5.73 Å². The van der Waals surface area contributed by atoms with Gasteiger partial charge in [-0.15, -0.1) is 11.3 Å². The summed E-state index contributed by atoms with van der Waals surface area (Å²) in [5, 5.41) is 5.16. The van der Waals surface area contributed by atoms with Gasteiger partial charge in [0.1, 0.15) is 0 Å². The summed E-state index contributed by atoms with van der Waals surface area (Å²) >= 11 is 1.79. The highest BCUT2D eigenvalue weighted by Crippen LogP contribution is 2.33. The molecular formula is C11H16N2OS. The third-order valence-corrected chi connectivity index (χ3v) is 3.76. The molecule has 15 heavy (non-hydrogen) atoms. The van der Waals surface area contributed by atoms with Crippen molar-refractivity contribution in [2.75, 3.05) is 6.54 Å². The number of amides is 1. The molecule has 3 nitrogen and oxygen atoms in total. The van der Waals surface area contributed by atoms with E-state index < -0.39 is 0 Å². The Morgan fingerprint density at radius 1 is 1.67 bits per heavy atom. The van der Waals surface area contributed by atoms with E-state index in [0.717, 1.165) is 12.8 Å². The van der Waals surface area contributed by atoms with Gasteiger partial charge in [0.25, 0.3) is 0 Å². The van der Waals surface area contributed by atoms with E-state index in [1.165, 1.54) is 16.9 Å². The Morgan fingerprint density at radius 3 is 3.33 bits per heavy atom. The molecule has 0 bridgehead atoms. The maximum atomic E-state index is 11.5. The monoisotopic (exact) mass is 224 g/mol. The van der Waals surface area contributed by atoms with Gasteiger partial charge in [-0.1, -0.05) is 0 Å². The molecule has 2 rings (SSSR count). The topological polar surface area (TPSA) is 55.1 Å². The standard InChI is InChI=1S/C11H16N2OS/c12-6-4-11(14)13-9-2-1-3-10-8(9)5-7-15-10/h5,7,9H,1-4,6,12H2,(H,13,14). The molecule has 4 heteroatoms. The van der Waals surface area contributed by atoms with Gasteiger partial charge >= 0.3 is 0 Å². The van der Waals surface area contributed by atoms with Gasteiger partial charge in [0.05, 0.1) is 6.04 Å². The molecule has 1 unspecified atom stereocenters. The van der Waals surface area contributed by atoms with Gasteiger partial charge in [-0.2, -0.15) is 0 Å². The minimum absolute atomic E-state index is 0.0709. The SMILES string of the molecule is NCCC(=O)NC1CCCc2sccc21. The second-order valence-corrected chi connectivity index (χ2v) is 4.85. The zero-order valence-electron chi connectivity index (χ0n) is 8.66. The van der Waals surface area contributed by atoms with Crippen molar-refractivity contribution in [3.63, 3.8) is 0 Å². The fourth-order valence-corrected chi connectivity index (χ4v) is 3.02. The summed E-state index contributed by atoms with van der Waals surface area (Å²) in [5.41, 5.74) is 6.67. The Bertz CT molecular complexity index is 348. The lowest BCUT2D eigenvalue weighted by molar-refractivity contribution is -0.121. The summed E-state index contributed by atoms with van der Waals surface area (Å²) in [6.07, 6.45) is 3.81. The van der Waals surface area contributed by atoms with Crippen molar-refractivity contribution in [1.82, 2.24) is 5.32 Å². The predicted octanol–water partition coefficient (Wildman–Crippen LogP) is 1.59. The van der Waals surface area contributed by atoms with Gasteiger partial charge < -0.3 is 11.1 Å². The van der Waals surface area contributed by atoms with E-state index >= 15 is 0 Å². The maximum Gasteiger partial charge on any atom is 0.221 e. The highest BCUT2D eigenvalue weighted by Gasteiger charge is 2.22. The number of thiophene rings is 1. The second kappa shape index (κ2) is 4.77. The Balaban J connectivity index is 2.03. The number of nitrogens with two attached hydrogens (primary N) is 1. The maximum absolute atomic E-state index is 11.5. The van der Waals surface area contributed by atoms with Crippen LogP contribution in [0.4, 0.5) is 0 Å². The number of carbonyl (C=O) groups excluding carboxylic acids is 1. The number of rotatable bonds is 3. The Labute approximate surface area is 93.7 Å². The van der Waals surface area contributed by atoms with E-state index in [9.17, 15) is 4.79 Å². The molecule has 1 amide bonds. The number of hydrogen-bond donors (Lipinski definition) is 2. The highest BCUT2D eigenvalue weighted by molar-refractivity contribution is 7.10. The largest absolute Gasteiger partial charge is 0.349 e. The van der Waals surface area contributed by atoms with Crippen molar-refractivity contribution in [1.29, 1.82) is 0 Å². The van der Waals surface area contributed by atoms with Crippen molar-refractivity contribution in [3.8, 4) is 0 Å². The molecule has 3 N–H and O–H groups in total. The molecule has 1 heterocycles. The lowest BCUT2D eigenvalue weighted by Gasteiger charge is -2.23.